The molecule has 1 aliphatic heterocycles. The van der Waals surface area contributed by atoms with E-state index in [1.165, 1.54) is 0 Å². The van der Waals surface area contributed by atoms with Crippen molar-refractivity contribution in [3.63, 3.8) is 0 Å². The van der Waals surface area contributed by atoms with Gasteiger partial charge in [0.15, 0.2) is 0 Å². The van der Waals surface area contributed by atoms with Gasteiger partial charge in [-0.25, -0.2) is 9.78 Å². The van der Waals surface area contributed by atoms with Crippen LogP contribution in [-0.4, -0.2) is 65.1 Å². The minimum atomic E-state index is -0.513. The lowest BCUT2D eigenvalue weighted by Crippen LogP contribution is -2.50. The third-order valence-corrected chi connectivity index (χ3v) is 5.18. The Balaban J connectivity index is 1.53. The van der Waals surface area contributed by atoms with Crippen molar-refractivity contribution in [1.29, 1.82) is 0 Å². The number of pyridine rings is 1. The first kappa shape index (κ1) is 26.0. The fourth-order valence-electron chi connectivity index (χ4n) is 3.49. The van der Waals surface area contributed by atoms with Gasteiger partial charge in [0.1, 0.15) is 11.4 Å². The summed E-state index contributed by atoms with van der Waals surface area (Å²) in [5, 5.41) is 5.67. The summed E-state index contributed by atoms with van der Waals surface area (Å²) in [4.78, 5) is 45.3. The molecule has 9 nitrogen and oxygen atoms in total. The third-order valence-electron chi connectivity index (χ3n) is 5.18. The summed E-state index contributed by atoms with van der Waals surface area (Å²) in [7, 11) is 0. The van der Waals surface area contributed by atoms with E-state index in [-0.39, 0.29) is 23.4 Å². The molecule has 188 valence electrons. The smallest absolute Gasteiger partial charge is 0.410 e. The van der Waals surface area contributed by atoms with E-state index >= 15 is 0 Å². The maximum atomic E-state index is 12.6. The number of rotatable bonds is 4. The molecule has 3 amide bonds. The molecule has 0 spiro atoms. The molecule has 1 aliphatic rings. The number of hydrogen-bond donors (Lipinski definition) is 2. The molecule has 0 unspecified atom stereocenters. The van der Waals surface area contributed by atoms with Gasteiger partial charge in [0.25, 0.3) is 11.8 Å². The van der Waals surface area contributed by atoms with Crippen LogP contribution in [0, 0.1) is 0 Å². The molecule has 2 heterocycles. The van der Waals surface area contributed by atoms with Crippen molar-refractivity contribution in [3.05, 3.63) is 53.7 Å². The Morgan fingerprint density at radius 2 is 1.40 bits per heavy atom. The van der Waals surface area contributed by atoms with Crippen molar-refractivity contribution in [2.24, 2.45) is 0 Å². The van der Waals surface area contributed by atoms with Gasteiger partial charge in [-0.3, -0.25) is 9.59 Å². The molecule has 1 aromatic carbocycles. The average molecular weight is 482 g/mol. The van der Waals surface area contributed by atoms with Crippen LogP contribution in [0.2, 0.25) is 0 Å². The van der Waals surface area contributed by atoms with Crippen LogP contribution in [0.5, 0.6) is 0 Å². The van der Waals surface area contributed by atoms with E-state index in [1.807, 2.05) is 47.6 Å². The fourth-order valence-corrected chi connectivity index (χ4v) is 3.49. The molecule has 1 fully saturated rings. The van der Waals surface area contributed by atoms with Crippen LogP contribution >= 0.6 is 0 Å². The summed E-state index contributed by atoms with van der Waals surface area (Å²) >= 11 is 0. The van der Waals surface area contributed by atoms with Crippen LogP contribution in [-0.2, 0) is 4.74 Å². The minimum absolute atomic E-state index is 0.186. The van der Waals surface area contributed by atoms with Gasteiger partial charge in [0.2, 0.25) is 0 Å². The van der Waals surface area contributed by atoms with Gasteiger partial charge < -0.3 is 25.2 Å². The summed E-state index contributed by atoms with van der Waals surface area (Å²) in [6, 6.07) is 10.1. The van der Waals surface area contributed by atoms with Gasteiger partial charge in [-0.15, -0.1) is 0 Å². The van der Waals surface area contributed by atoms with E-state index in [4.69, 9.17) is 4.74 Å². The predicted molar refractivity (Wildman–Crippen MR) is 136 cm³/mol. The second kappa shape index (κ2) is 10.3. The SMILES string of the molecule is CC(C)(C)NC(=O)c1ccc(C(=O)Nc2ccc(N3CCN(C(=O)OC(C)(C)C)CC3)cn2)cc1. The molecule has 9 heteroatoms. The standard InChI is InChI=1S/C26H35N5O4/c1-25(2,3)29-23(33)19-9-7-18(8-10-19)22(32)28-21-12-11-20(17-27-21)30-13-15-31(16-14-30)24(34)35-26(4,5)6/h7-12,17H,13-16H2,1-6H3,(H,29,33)(H,27,28,32). The molecule has 2 aromatic rings. The molecule has 2 N–H and O–H groups in total. The molecule has 0 radical (unpaired) electrons. The number of carbonyl (C=O) groups is 3. The predicted octanol–water partition coefficient (Wildman–Crippen LogP) is 3.92. The molecular weight excluding hydrogens is 446 g/mol. The van der Waals surface area contributed by atoms with Gasteiger partial charge in [-0.05, 0) is 77.9 Å². The number of hydrogen-bond acceptors (Lipinski definition) is 6. The number of ether oxygens (including phenoxy) is 1. The highest BCUT2D eigenvalue weighted by Crippen LogP contribution is 2.19. The van der Waals surface area contributed by atoms with E-state index in [0.29, 0.717) is 43.1 Å². The fraction of sp³-hybridized carbons (Fsp3) is 0.462. The summed E-state index contributed by atoms with van der Waals surface area (Å²) in [5.41, 5.74) is 0.992. The lowest BCUT2D eigenvalue weighted by atomic mass is 10.1. The van der Waals surface area contributed by atoms with Crippen molar-refractivity contribution in [2.75, 3.05) is 36.4 Å². The maximum absolute atomic E-state index is 12.6. The number of aromatic nitrogens is 1. The first-order valence-electron chi connectivity index (χ1n) is 11.7. The van der Waals surface area contributed by atoms with E-state index in [1.54, 1.807) is 41.4 Å². The normalized spacial score (nSPS) is 14.3. The number of benzene rings is 1. The minimum Gasteiger partial charge on any atom is -0.444 e. The number of carbonyl (C=O) groups excluding carboxylic acids is 3. The third kappa shape index (κ3) is 7.70. The van der Waals surface area contributed by atoms with Crippen LogP contribution in [0.3, 0.4) is 0 Å². The summed E-state index contributed by atoms with van der Waals surface area (Å²) in [5.74, 6) is -0.0617. The first-order valence-corrected chi connectivity index (χ1v) is 11.7. The average Bonchev–Trinajstić information content (AvgIpc) is 2.77. The zero-order chi connectivity index (χ0) is 25.8. The zero-order valence-corrected chi connectivity index (χ0v) is 21.3. The Bertz CT molecular complexity index is 1050. The van der Waals surface area contributed by atoms with E-state index in [0.717, 1.165) is 5.69 Å². The quantitative estimate of drug-likeness (QED) is 0.686. The largest absolute Gasteiger partial charge is 0.444 e. The Morgan fingerprint density at radius 1 is 0.829 bits per heavy atom. The highest BCUT2D eigenvalue weighted by molar-refractivity contribution is 6.04. The van der Waals surface area contributed by atoms with Crippen molar-refractivity contribution in [3.8, 4) is 0 Å². The Labute approximate surface area is 206 Å². The van der Waals surface area contributed by atoms with E-state index in [2.05, 4.69) is 20.5 Å². The van der Waals surface area contributed by atoms with E-state index < -0.39 is 5.60 Å². The van der Waals surface area contributed by atoms with Crippen LogP contribution in [0.15, 0.2) is 42.6 Å². The lowest BCUT2D eigenvalue weighted by Gasteiger charge is -2.36. The summed E-state index contributed by atoms with van der Waals surface area (Å²) < 4.78 is 5.44. The van der Waals surface area contributed by atoms with Crippen LogP contribution in [0.1, 0.15) is 62.3 Å². The van der Waals surface area contributed by atoms with Crippen molar-refractivity contribution in [1.82, 2.24) is 15.2 Å². The van der Waals surface area contributed by atoms with Crippen molar-refractivity contribution in [2.45, 2.75) is 52.7 Å². The van der Waals surface area contributed by atoms with Crippen molar-refractivity contribution >= 4 is 29.4 Å². The molecule has 0 bridgehead atoms. The van der Waals surface area contributed by atoms with E-state index in [9.17, 15) is 14.4 Å². The Hall–Kier alpha value is -3.62. The summed E-state index contributed by atoms with van der Waals surface area (Å²) in [6.07, 6.45) is 1.41. The first-order chi connectivity index (χ1) is 16.3. The molecule has 0 aliphatic carbocycles. The molecule has 1 saturated heterocycles. The highest BCUT2D eigenvalue weighted by Gasteiger charge is 2.26. The van der Waals surface area contributed by atoms with Gasteiger partial charge in [0, 0.05) is 42.8 Å². The lowest BCUT2D eigenvalue weighted by molar-refractivity contribution is 0.0240. The van der Waals surface area contributed by atoms with Gasteiger partial charge in [0.05, 0.1) is 11.9 Å². The molecule has 0 atom stereocenters. The van der Waals surface area contributed by atoms with Gasteiger partial charge in [-0.2, -0.15) is 0 Å². The number of piperazine rings is 1. The topological polar surface area (TPSA) is 104 Å². The molecule has 1 aromatic heterocycles. The number of nitrogens with one attached hydrogen (secondary N) is 2. The number of nitrogens with zero attached hydrogens (tertiary/aromatic N) is 3. The zero-order valence-electron chi connectivity index (χ0n) is 21.3. The number of anilines is 2. The van der Waals surface area contributed by atoms with Crippen molar-refractivity contribution < 1.29 is 19.1 Å². The monoisotopic (exact) mass is 481 g/mol. The van der Waals surface area contributed by atoms with Crippen LogP contribution in [0.4, 0.5) is 16.3 Å². The Kier molecular flexibility index (Phi) is 7.67. The van der Waals surface area contributed by atoms with Crippen LogP contribution < -0.4 is 15.5 Å². The molecule has 0 saturated carbocycles. The summed E-state index contributed by atoms with van der Waals surface area (Å²) in [6.45, 7) is 13.8. The molecule has 3 rings (SSSR count). The second-order valence-corrected chi connectivity index (χ2v) is 10.6. The molecular formula is C26H35N5O4. The molecule has 35 heavy (non-hydrogen) atoms. The Morgan fingerprint density at radius 3 is 1.89 bits per heavy atom. The number of amides is 3. The second-order valence-electron chi connectivity index (χ2n) is 10.6. The van der Waals surface area contributed by atoms with Crippen LogP contribution in [0.25, 0.3) is 0 Å². The van der Waals surface area contributed by atoms with Gasteiger partial charge >= 0.3 is 6.09 Å². The van der Waals surface area contributed by atoms with Gasteiger partial charge in [-0.1, -0.05) is 0 Å². The highest BCUT2D eigenvalue weighted by atomic mass is 16.6. The maximum Gasteiger partial charge on any atom is 0.410 e.